The van der Waals surface area contributed by atoms with Crippen molar-refractivity contribution in [2.75, 3.05) is 20.3 Å². The molecule has 5 atom stereocenters. The number of hydrogen-bond acceptors (Lipinski definition) is 5. The fourth-order valence-corrected chi connectivity index (χ4v) is 6.51. The normalized spacial score (nSPS) is 33.3. The van der Waals surface area contributed by atoms with Crippen LogP contribution in [0.5, 0.6) is 11.5 Å². The van der Waals surface area contributed by atoms with Crippen LogP contribution in [0.1, 0.15) is 51.2 Å². The molecule has 172 valence electrons. The monoisotopic (exact) mass is 439 g/mol. The summed E-state index contributed by atoms with van der Waals surface area (Å²) in [5.41, 5.74) is 0.734. The maximum Gasteiger partial charge on any atom is 0.387 e. The first-order chi connectivity index (χ1) is 14.7. The van der Waals surface area contributed by atoms with Crippen molar-refractivity contribution in [2.24, 2.45) is 22.7 Å². The van der Waals surface area contributed by atoms with Gasteiger partial charge in [0.15, 0.2) is 11.5 Å². The highest BCUT2D eigenvalue weighted by molar-refractivity contribution is 5.76. The largest absolute Gasteiger partial charge is 0.493 e. The molecule has 3 fully saturated rings. The SMILES string of the molecule is COc1cc([C@H]2OCCC34C[C@@H](C[C@H]23)C(C)(C)[C@@H]4NC(=O)CCO)ccc1OC(F)F. The topological polar surface area (TPSA) is 77.0 Å². The highest BCUT2D eigenvalue weighted by Gasteiger charge is 2.68. The fraction of sp³-hybridized carbons (Fsp3) is 0.696. The van der Waals surface area contributed by atoms with E-state index in [4.69, 9.17) is 9.47 Å². The molecule has 8 heteroatoms. The zero-order valence-corrected chi connectivity index (χ0v) is 18.2. The molecule has 2 aliphatic carbocycles. The summed E-state index contributed by atoms with van der Waals surface area (Å²) < 4.78 is 41.4. The number of ether oxygens (including phenoxy) is 3. The third-order valence-corrected chi connectivity index (χ3v) is 7.88. The molecule has 0 radical (unpaired) electrons. The van der Waals surface area contributed by atoms with E-state index in [0.717, 1.165) is 24.8 Å². The van der Waals surface area contributed by atoms with Crippen LogP contribution < -0.4 is 14.8 Å². The highest BCUT2D eigenvalue weighted by atomic mass is 19.3. The maximum absolute atomic E-state index is 12.7. The Morgan fingerprint density at radius 1 is 1.35 bits per heavy atom. The van der Waals surface area contributed by atoms with Gasteiger partial charge in [0, 0.05) is 19.1 Å². The second-order valence-corrected chi connectivity index (χ2v) is 9.60. The minimum atomic E-state index is -2.93. The average Bonchev–Trinajstić information content (AvgIpc) is 3.20. The van der Waals surface area contributed by atoms with Crippen LogP contribution in [0.15, 0.2) is 18.2 Å². The van der Waals surface area contributed by atoms with Crippen LogP contribution in [-0.4, -0.2) is 44.0 Å². The van der Waals surface area contributed by atoms with Crippen LogP contribution in [0.2, 0.25) is 0 Å². The Balaban J connectivity index is 1.64. The summed E-state index contributed by atoms with van der Waals surface area (Å²) in [6, 6.07) is 4.98. The Morgan fingerprint density at radius 3 is 2.81 bits per heavy atom. The minimum Gasteiger partial charge on any atom is -0.493 e. The zero-order chi connectivity index (χ0) is 22.4. The lowest BCUT2D eigenvalue weighted by molar-refractivity contribution is -0.137. The predicted molar refractivity (Wildman–Crippen MR) is 109 cm³/mol. The first kappa shape index (κ1) is 22.3. The number of nitrogens with one attached hydrogen (secondary N) is 1. The number of benzene rings is 1. The summed E-state index contributed by atoms with van der Waals surface area (Å²) in [4.78, 5) is 12.4. The number of hydrogen-bond donors (Lipinski definition) is 2. The van der Waals surface area contributed by atoms with Gasteiger partial charge in [-0.05, 0) is 59.6 Å². The lowest BCUT2D eigenvalue weighted by atomic mass is 9.59. The van der Waals surface area contributed by atoms with E-state index >= 15 is 0 Å². The van der Waals surface area contributed by atoms with E-state index < -0.39 is 6.61 Å². The van der Waals surface area contributed by atoms with Gasteiger partial charge < -0.3 is 24.6 Å². The quantitative estimate of drug-likeness (QED) is 0.678. The molecule has 4 rings (SSSR count). The van der Waals surface area contributed by atoms with Crippen molar-refractivity contribution in [3.05, 3.63) is 23.8 Å². The maximum atomic E-state index is 12.7. The van der Waals surface area contributed by atoms with Gasteiger partial charge in [0.1, 0.15) is 0 Å². The van der Waals surface area contributed by atoms with Gasteiger partial charge in [0.05, 0.1) is 19.8 Å². The molecule has 1 aliphatic heterocycles. The first-order valence-corrected chi connectivity index (χ1v) is 10.9. The fourth-order valence-electron chi connectivity index (χ4n) is 6.51. The lowest BCUT2D eigenvalue weighted by Crippen LogP contribution is -2.59. The molecule has 1 amide bonds. The number of carbonyl (C=O) groups excluding carboxylic acids is 1. The molecule has 0 aromatic heterocycles. The van der Waals surface area contributed by atoms with Gasteiger partial charge >= 0.3 is 6.61 Å². The van der Waals surface area contributed by atoms with Crippen LogP contribution in [0, 0.1) is 22.7 Å². The summed E-state index contributed by atoms with van der Waals surface area (Å²) in [6.07, 6.45) is 2.77. The molecule has 2 N–H and O–H groups in total. The Labute approximate surface area is 181 Å². The standard InChI is InChI=1S/C23H31F2NO5/c1-22(2)14-11-15-19(13-4-5-16(31-21(24)25)17(10-13)29-3)30-9-7-23(15,12-14)20(22)26-18(28)6-8-27/h4-5,10,14-15,19-21,27H,6-9,11-12H2,1-3H3,(H,26,28)/t14-,15-,19-,20+,23?/m1/s1. The molecule has 1 unspecified atom stereocenters. The number of alkyl halides is 2. The van der Waals surface area contributed by atoms with Gasteiger partial charge in [-0.3, -0.25) is 4.79 Å². The average molecular weight is 439 g/mol. The summed E-state index contributed by atoms with van der Waals surface area (Å²) in [5.74, 6) is 0.765. The summed E-state index contributed by atoms with van der Waals surface area (Å²) >= 11 is 0. The molecule has 6 nitrogen and oxygen atoms in total. The number of rotatable bonds is 7. The Hall–Kier alpha value is -1.93. The molecule has 1 saturated heterocycles. The molecule has 2 bridgehead atoms. The number of carbonyl (C=O) groups is 1. The highest BCUT2D eigenvalue weighted by Crippen LogP contribution is 2.70. The van der Waals surface area contributed by atoms with Crippen molar-refractivity contribution < 1.29 is 32.9 Å². The van der Waals surface area contributed by atoms with E-state index in [-0.39, 0.29) is 59.3 Å². The van der Waals surface area contributed by atoms with Crippen LogP contribution in [-0.2, 0) is 9.53 Å². The Bertz CT molecular complexity index is 832. The molecule has 2 saturated carbocycles. The van der Waals surface area contributed by atoms with E-state index in [2.05, 4.69) is 23.9 Å². The van der Waals surface area contributed by atoms with E-state index in [1.807, 2.05) is 0 Å². The molecule has 1 aromatic carbocycles. The van der Waals surface area contributed by atoms with Crippen LogP contribution in [0.3, 0.4) is 0 Å². The van der Waals surface area contributed by atoms with Crippen LogP contribution in [0.25, 0.3) is 0 Å². The molecule has 3 aliphatic rings. The summed E-state index contributed by atoms with van der Waals surface area (Å²) in [7, 11) is 1.42. The van der Waals surface area contributed by atoms with Crippen molar-refractivity contribution in [1.29, 1.82) is 0 Å². The predicted octanol–water partition coefficient (Wildman–Crippen LogP) is 3.68. The number of halogens is 2. The second-order valence-electron chi connectivity index (χ2n) is 9.60. The number of aliphatic hydroxyl groups excluding tert-OH is 1. The van der Waals surface area contributed by atoms with Gasteiger partial charge in [-0.25, -0.2) is 0 Å². The van der Waals surface area contributed by atoms with Crippen molar-refractivity contribution >= 4 is 5.91 Å². The molecular weight excluding hydrogens is 408 g/mol. The number of amides is 1. The smallest absolute Gasteiger partial charge is 0.387 e. The third kappa shape index (κ3) is 3.67. The van der Waals surface area contributed by atoms with E-state index in [1.54, 1.807) is 12.1 Å². The van der Waals surface area contributed by atoms with Gasteiger partial charge in [0.2, 0.25) is 5.91 Å². The zero-order valence-electron chi connectivity index (χ0n) is 18.2. The Kier molecular flexibility index (Phi) is 5.89. The first-order valence-electron chi connectivity index (χ1n) is 10.9. The van der Waals surface area contributed by atoms with Crippen molar-refractivity contribution in [2.45, 2.75) is 58.3 Å². The second kappa shape index (κ2) is 8.20. The molecule has 1 aromatic rings. The third-order valence-electron chi connectivity index (χ3n) is 7.88. The van der Waals surface area contributed by atoms with Crippen molar-refractivity contribution in [3.63, 3.8) is 0 Å². The Morgan fingerprint density at radius 2 is 2.13 bits per heavy atom. The summed E-state index contributed by atoms with van der Waals surface area (Å²) in [6.45, 7) is 1.91. The van der Waals surface area contributed by atoms with Gasteiger partial charge in [-0.15, -0.1) is 0 Å². The minimum absolute atomic E-state index is 0.00228. The number of fused-ring (bicyclic) bond motifs is 1. The van der Waals surface area contributed by atoms with Crippen molar-refractivity contribution in [3.8, 4) is 11.5 Å². The van der Waals surface area contributed by atoms with E-state index in [0.29, 0.717) is 12.5 Å². The van der Waals surface area contributed by atoms with Gasteiger partial charge in [0.25, 0.3) is 0 Å². The molecule has 1 heterocycles. The number of aliphatic hydroxyl groups is 1. The van der Waals surface area contributed by atoms with Crippen molar-refractivity contribution in [1.82, 2.24) is 5.32 Å². The van der Waals surface area contributed by atoms with E-state index in [9.17, 15) is 18.7 Å². The van der Waals surface area contributed by atoms with Gasteiger partial charge in [-0.2, -0.15) is 8.78 Å². The number of methoxy groups -OCH3 is 1. The summed E-state index contributed by atoms with van der Waals surface area (Å²) in [5, 5.41) is 12.4. The van der Waals surface area contributed by atoms with E-state index in [1.165, 1.54) is 13.2 Å². The van der Waals surface area contributed by atoms with Crippen LogP contribution >= 0.6 is 0 Å². The van der Waals surface area contributed by atoms with Crippen LogP contribution in [0.4, 0.5) is 8.78 Å². The lowest BCUT2D eigenvalue weighted by Gasteiger charge is -2.53. The molecule has 31 heavy (non-hydrogen) atoms. The molecular formula is C23H31F2NO5. The molecule has 1 spiro atoms. The van der Waals surface area contributed by atoms with Gasteiger partial charge in [-0.1, -0.05) is 19.9 Å².